The van der Waals surface area contributed by atoms with Gasteiger partial charge in [-0.2, -0.15) is 0 Å². The molecule has 4 nitrogen and oxygen atoms in total. The Balaban J connectivity index is 1.48. The third kappa shape index (κ3) is 5.87. The van der Waals surface area contributed by atoms with Crippen LogP contribution in [-0.2, 0) is 4.79 Å². The number of thiocarbonyl (C=S) groups is 1. The third-order valence-corrected chi connectivity index (χ3v) is 5.23. The van der Waals surface area contributed by atoms with Gasteiger partial charge in [-0.25, -0.2) is 0 Å². The average molecular weight is 440 g/mol. The van der Waals surface area contributed by atoms with E-state index in [0.29, 0.717) is 44.7 Å². The van der Waals surface area contributed by atoms with E-state index in [1.165, 1.54) is 11.8 Å². The van der Waals surface area contributed by atoms with Crippen LogP contribution < -0.4 is 14.8 Å². The van der Waals surface area contributed by atoms with Gasteiger partial charge in [0.15, 0.2) is 0 Å². The predicted molar refractivity (Wildman–Crippen MR) is 115 cm³/mol. The summed E-state index contributed by atoms with van der Waals surface area (Å²) in [6, 6.07) is 12.6. The Bertz CT molecular complexity index is 885. The molecule has 0 aliphatic carbocycles. The zero-order valence-corrected chi connectivity index (χ0v) is 17.2. The highest BCUT2D eigenvalue weighted by atomic mass is 35.5. The topological polar surface area (TPSA) is 47.6 Å². The van der Waals surface area contributed by atoms with E-state index in [0.717, 1.165) is 11.3 Å². The molecule has 1 heterocycles. The van der Waals surface area contributed by atoms with Crippen molar-refractivity contribution in [3.8, 4) is 11.5 Å². The van der Waals surface area contributed by atoms with Gasteiger partial charge in [0.05, 0.1) is 23.1 Å². The zero-order valence-electron chi connectivity index (χ0n) is 14.0. The molecule has 0 spiro atoms. The Morgan fingerprint density at radius 3 is 2.48 bits per heavy atom. The summed E-state index contributed by atoms with van der Waals surface area (Å²) in [6.45, 7) is 0.996. The van der Waals surface area contributed by atoms with E-state index in [2.05, 4.69) is 5.32 Å². The molecule has 0 saturated carbocycles. The van der Waals surface area contributed by atoms with E-state index in [9.17, 15) is 4.79 Å². The molecule has 1 amide bonds. The van der Waals surface area contributed by atoms with Gasteiger partial charge >= 0.3 is 0 Å². The van der Waals surface area contributed by atoms with Crippen molar-refractivity contribution < 1.29 is 14.3 Å². The number of hydrogen-bond acceptors (Lipinski definition) is 5. The lowest BCUT2D eigenvalue weighted by Crippen LogP contribution is -2.17. The van der Waals surface area contributed by atoms with Gasteiger partial charge in [0.2, 0.25) is 0 Å². The van der Waals surface area contributed by atoms with Gasteiger partial charge in [-0.05, 0) is 48.0 Å². The number of thioether (sulfide) groups is 1. The summed E-state index contributed by atoms with van der Waals surface area (Å²) in [5.41, 5.74) is 0.806. The molecule has 0 aromatic heterocycles. The zero-order chi connectivity index (χ0) is 19.2. The summed E-state index contributed by atoms with van der Waals surface area (Å²) in [6.07, 6.45) is 2.45. The Labute approximate surface area is 176 Å². The molecule has 1 N–H and O–H groups in total. The lowest BCUT2D eigenvalue weighted by Gasteiger charge is -2.10. The van der Waals surface area contributed by atoms with Gasteiger partial charge in [0, 0.05) is 11.4 Å². The molecule has 1 aliphatic heterocycles. The largest absolute Gasteiger partial charge is 0.493 e. The van der Waals surface area contributed by atoms with Gasteiger partial charge < -0.3 is 14.8 Å². The summed E-state index contributed by atoms with van der Waals surface area (Å²) < 4.78 is 11.8. The Hall–Kier alpha value is -1.73. The number of benzene rings is 2. The first-order valence-corrected chi connectivity index (χ1v) is 10.0. The highest BCUT2D eigenvalue weighted by molar-refractivity contribution is 8.26. The number of rotatable bonds is 7. The molecular weight excluding hydrogens is 425 g/mol. The van der Waals surface area contributed by atoms with Gasteiger partial charge in [0.1, 0.15) is 15.8 Å². The molecule has 1 aliphatic rings. The molecule has 0 atom stereocenters. The molecule has 0 bridgehead atoms. The van der Waals surface area contributed by atoms with Gasteiger partial charge in [-0.1, -0.05) is 53.2 Å². The first-order valence-electron chi connectivity index (χ1n) is 8.07. The van der Waals surface area contributed by atoms with Crippen LogP contribution >= 0.6 is 47.2 Å². The minimum Gasteiger partial charge on any atom is -0.493 e. The number of carbonyl (C=O) groups excluding carboxylic acids is 1. The highest BCUT2D eigenvalue weighted by Crippen LogP contribution is 2.30. The molecule has 3 rings (SSSR count). The fourth-order valence-corrected chi connectivity index (χ4v) is 3.67. The molecule has 1 saturated heterocycles. The second kappa shape index (κ2) is 9.46. The normalized spacial score (nSPS) is 15.1. The Morgan fingerprint density at radius 2 is 1.81 bits per heavy atom. The van der Waals surface area contributed by atoms with Gasteiger partial charge in [-0.15, -0.1) is 0 Å². The predicted octanol–water partition coefficient (Wildman–Crippen LogP) is 5.33. The van der Waals surface area contributed by atoms with Crippen molar-refractivity contribution in [1.29, 1.82) is 0 Å². The number of nitrogens with one attached hydrogen (secondary N) is 1. The van der Waals surface area contributed by atoms with Crippen LogP contribution in [0.4, 0.5) is 0 Å². The van der Waals surface area contributed by atoms with Crippen LogP contribution in [0.25, 0.3) is 6.08 Å². The molecule has 1 fully saturated rings. The van der Waals surface area contributed by atoms with Crippen LogP contribution in [0.5, 0.6) is 11.5 Å². The number of halogens is 2. The molecule has 140 valence electrons. The second-order valence-corrected chi connectivity index (χ2v) is 8.11. The van der Waals surface area contributed by atoms with Crippen molar-refractivity contribution in [1.82, 2.24) is 5.32 Å². The molecule has 0 unspecified atom stereocenters. The lowest BCUT2D eigenvalue weighted by molar-refractivity contribution is -0.115. The first-order chi connectivity index (χ1) is 13.0. The van der Waals surface area contributed by atoms with Crippen LogP contribution in [0.15, 0.2) is 47.4 Å². The van der Waals surface area contributed by atoms with E-state index in [-0.39, 0.29) is 5.91 Å². The fraction of sp³-hybridized carbons (Fsp3) is 0.158. The summed E-state index contributed by atoms with van der Waals surface area (Å²) >= 11 is 18.3. The maximum Gasteiger partial charge on any atom is 0.263 e. The molecule has 0 radical (unpaired) electrons. The second-order valence-electron chi connectivity index (χ2n) is 5.55. The minimum atomic E-state index is -0.192. The summed E-state index contributed by atoms with van der Waals surface area (Å²) in [5.74, 6) is 1.16. The highest BCUT2D eigenvalue weighted by Gasteiger charge is 2.21. The van der Waals surface area contributed by atoms with Crippen molar-refractivity contribution in [3.63, 3.8) is 0 Å². The van der Waals surface area contributed by atoms with Crippen LogP contribution in [0.1, 0.15) is 12.0 Å². The number of amides is 1. The van der Waals surface area contributed by atoms with Crippen molar-refractivity contribution >= 4 is 63.5 Å². The summed E-state index contributed by atoms with van der Waals surface area (Å²) in [4.78, 5) is 12.2. The fourth-order valence-electron chi connectivity index (χ4n) is 2.26. The SMILES string of the molecule is O=C1NC(=S)S/C1=C\c1ccc(OCCCOc2ccc(Cl)cc2)c(Cl)c1. The standard InChI is InChI=1S/C19H15Cl2NO3S2/c20-13-3-5-14(6-4-13)24-8-1-9-25-16-7-2-12(10-15(16)21)11-17-18(23)22-19(26)27-17/h2-7,10-11H,1,8-9H2,(H,22,23,26)/b17-11-. The Morgan fingerprint density at radius 1 is 1.07 bits per heavy atom. The molecule has 2 aromatic carbocycles. The van der Waals surface area contributed by atoms with Crippen molar-refractivity contribution in [2.24, 2.45) is 0 Å². The minimum absolute atomic E-state index is 0.192. The summed E-state index contributed by atoms with van der Waals surface area (Å²) in [7, 11) is 0. The molecule has 27 heavy (non-hydrogen) atoms. The van der Waals surface area contributed by atoms with Gasteiger partial charge in [0.25, 0.3) is 5.91 Å². The molecule has 2 aromatic rings. The number of carbonyl (C=O) groups is 1. The van der Waals surface area contributed by atoms with E-state index >= 15 is 0 Å². The molecule has 8 heteroatoms. The quantitative estimate of drug-likeness (QED) is 0.358. The van der Waals surface area contributed by atoms with E-state index in [1.54, 1.807) is 30.3 Å². The lowest BCUT2D eigenvalue weighted by atomic mass is 10.2. The third-order valence-electron chi connectivity index (χ3n) is 3.52. The van der Waals surface area contributed by atoms with Crippen LogP contribution in [0.3, 0.4) is 0 Å². The van der Waals surface area contributed by atoms with E-state index < -0.39 is 0 Å². The average Bonchev–Trinajstić information content (AvgIpc) is 2.95. The summed E-state index contributed by atoms with van der Waals surface area (Å²) in [5, 5.41) is 3.73. The number of ether oxygens (including phenoxy) is 2. The molecular formula is C19H15Cl2NO3S2. The number of hydrogen-bond donors (Lipinski definition) is 1. The van der Waals surface area contributed by atoms with E-state index in [4.69, 9.17) is 44.9 Å². The maximum absolute atomic E-state index is 11.7. The van der Waals surface area contributed by atoms with Crippen LogP contribution in [0, 0.1) is 0 Å². The van der Waals surface area contributed by atoms with Crippen LogP contribution in [0.2, 0.25) is 10.0 Å². The monoisotopic (exact) mass is 439 g/mol. The first kappa shape index (κ1) is 20.0. The maximum atomic E-state index is 11.7. The van der Waals surface area contributed by atoms with E-state index in [1.807, 2.05) is 18.2 Å². The van der Waals surface area contributed by atoms with Crippen molar-refractivity contribution in [2.75, 3.05) is 13.2 Å². The van der Waals surface area contributed by atoms with Crippen LogP contribution in [-0.4, -0.2) is 23.4 Å². The smallest absolute Gasteiger partial charge is 0.263 e. The van der Waals surface area contributed by atoms with Gasteiger partial charge in [-0.3, -0.25) is 4.79 Å². The van der Waals surface area contributed by atoms with Crippen molar-refractivity contribution in [3.05, 3.63) is 63.0 Å². The van der Waals surface area contributed by atoms with Crippen molar-refractivity contribution in [2.45, 2.75) is 6.42 Å². The Kier molecular flexibility index (Phi) is 7.01.